The lowest BCUT2D eigenvalue weighted by Gasteiger charge is -2.36. The number of anilines is 1. The number of piperidine rings is 1. The third-order valence-electron chi connectivity index (χ3n) is 5.11. The fourth-order valence-corrected chi connectivity index (χ4v) is 3.81. The van der Waals surface area contributed by atoms with Crippen molar-refractivity contribution in [3.63, 3.8) is 0 Å². The number of benzene rings is 1. The summed E-state index contributed by atoms with van der Waals surface area (Å²) < 4.78 is 5.47. The van der Waals surface area contributed by atoms with Crippen molar-refractivity contribution in [3.05, 3.63) is 29.3 Å². The predicted molar refractivity (Wildman–Crippen MR) is 101 cm³/mol. The summed E-state index contributed by atoms with van der Waals surface area (Å²) in [6, 6.07) is 7.56. The lowest BCUT2D eigenvalue weighted by atomic mass is 10.1. The van der Waals surface area contributed by atoms with Crippen molar-refractivity contribution in [3.8, 4) is 0 Å². The first-order chi connectivity index (χ1) is 12.2. The van der Waals surface area contributed by atoms with Crippen LogP contribution in [0.3, 0.4) is 0 Å². The van der Waals surface area contributed by atoms with Crippen LogP contribution in [0, 0.1) is 0 Å². The van der Waals surface area contributed by atoms with Crippen molar-refractivity contribution in [2.24, 2.45) is 0 Å². The van der Waals surface area contributed by atoms with Gasteiger partial charge < -0.3 is 19.9 Å². The second-order valence-corrected chi connectivity index (χ2v) is 7.26. The minimum absolute atomic E-state index is 0.0583. The Balaban J connectivity index is 1.64. The molecule has 5 nitrogen and oxygen atoms in total. The van der Waals surface area contributed by atoms with Gasteiger partial charge in [-0.3, -0.25) is 0 Å². The van der Waals surface area contributed by atoms with E-state index in [9.17, 15) is 4.79 Å². The van der Waals surface area contributed by atoms with Gasteiger partial charge in [0.25, 0.3) is 0 Å². The van der Waals surface area contributed by atoms with Gasteiger partial charge in [0, 0.05) is 32.3 Å². The van der Waals surface area contributed by atoms with Crippen LogP contribution in [0.2, 0.25) is 5.02 Å². The number of nitrogens with zero attached hydrogens (tertiary/aromatic N) is 2. The molecule has 0 spiro atoms. The first-order valence-corrected chi connectivity index (χ1v) is 9.74. The molecule has 0 unspecified atom stereocenters. The average Bonchev–Trinajstić information content (AvgIpc) is 2.65. The maximum absolute atomic E-state index is 12.9. The predicted octanol–water partition coefficient (Wildman–Crippen LogP) is 3.84. The summed E-state index contributed by atoms with van der Waals surface area (Å²) in [7, 11) is 0. The topological polar surface area (TPSA) is 44.8 Å². The Bertz CT molecular complexity index is 557. The molecule has 0 aromatic heterocycles. The van der Waals surface area contributed by atoms with Crippen LogP contribution in [0.4, 0.5) is 10.5 Å². The van der Waals surface area contributed by atoms with Gasteiger partial charge in [-0.2, -0.15) is 0 Å². The molecule has 2 fully saturated rings. The van der Waals surface area contributed by atoms with Crippen LogP contribution < -0.4 is 5.32 Å². The van der Waals surface area contributed by atoms with E-state index in [0.717, 1.165) is 52.2 Å². The van der Waals surface area contributed by atoms with Crippen LogP contribution in [0.25, 0.3) is 0 Å². The van der Waals surface area contributed by atoms with Crippen LogP contribution in [-0.4, -0.2) is 61.3 Å². The Labute approximate surface area is 155 Å². The molecule has 2 aliphatic heterocycles. The van der Waals surface area contributed by atoms with E-state index in [4.69, 9.17) is 16.3 Å². The third-order valence-corrected chi connectivity index (χ3v) is 5.44. The van der Waals surface area contributed by atoms with Gasteiger partial charge in [0.1, 0.15) is 0 Å². The van der Waals surface area contributed by atoms with Crippen LogP contribution in [0.1, 0.15) is 32.1 Å². The van der Waals surface area contributed by atoms with Gasteiger partial charge in [0.05, 0.1) is 10.7 Å². The summed E-state index contributed by atoms with van der Waals surface area (Å²) in [5, 5.41) is 3.56. The first kappa shape index (κ1) is 18.5. The summed E-state index contributed by atoms with van der Waals surface area (Å²) >= 11 is 6.20. The Morgan fingerprint density at radius 3 is 2.64 bits per heavy atom. The van der Waals surface area contributed by atoms with Crippen molar-refractivity contribution < 1.29 is 9.53 Å². The lowest BCUT2D eigenvalue weighted by molar-refractivity contribution is 0.0447. The second kappa shape index (κ2) is 9.41. The van der Waals surface area contributed by atoms with Crippen LogP contribution >= 0.6 is 11.6 Å². The molecular weight excluding hydrogens is 338 g/mol. The smallest absolute Gasteiger partial charge is 0.322 e. The number of halogens is 1. The molecule has 25 heavy (non-hydrogen) atoms. The highest BCUT2D eigenvalue weighted by molar-refractivity contribution is 6.33. The van der Waals surface area contributed by atoms with Crippen molar-refractivity contribution in [1.82, 2.24) is 9.80 Å². The number of carbonyl (C=O) groups is 1. The number of carbonyl (C=O) groups excluding carboxylic acids is 1. The largest absolute Gasteiger partial charge is 0.381 e. The van der Waals surface area contributed by atoms with Gasteiger partial charge in [-0.1, -0.05) is 30.2 Å². The maximum atomic E-state index is 12.9. The molecule has 1 N–H and O–H groups in total. The summed E-state index contributed by atoms with van der Waals surface area (Å²) in [6.45, 7) is 5.43. The number of likely N-dealkylation sites (tertiary alicyclic amines) is 1. The number of nitrogens with one attached hydrogen (secondary N) is 1. The molecule has 0 bridgehead atoms. The number of urea groups is 1. The number of hydrogen-bond donors (Lipinski definition) is 1. The SMILES string of the molecule is O=C(Nc1ccccc1Cl)N(CCN1CCCCC1)C1CCOCC1. The third kappa shape index (κ3) is 5.33. The highest BCUT2D eigenvalue weighted by atomic mass is 35.5. The molecule has 1 aromatic carbocycles. The normalized spacial score (nSPS) is 19.6. The van der Waals surface area contributed by atoms with E-state index >= 15 is 0 Å². The second-order valence-electron chi connectivity index (χ2n) is 6.85. The molecular formula is C19H28ClN3O2. The van der Waals surface area contributed by atoms with Gasteiger partial charge in [0.2, 0.25) is 0 Å². The Morgan fingerprint density at radius 1 is 1.20 bits per heavy atom. The van der Waals surface area contributed by atoms with Crippen molar-refractivity contribution in [2.45, 2.75) is 38.1 Å². The number of amides is 2. The molecule has 0 atom stereocenters. The minimum atomic E-state index is -0.0583. The van der Waals surface area contributed by atoms with Crippen LogP contribution in [0.15, 0.2) is 24.3 Å². The number of hydrogen-bond acceptors (Lipinski definition) is 3. The monoisotopic (exact) mass is 365 g/mol. The van der Waals surface area contributed by atoms with E-state index in [2.05, 4.69) is 10.2 Å². The number of rotatable bonds is 5. The Kier molecular flexibility index (Phi) is 6.96. The fourth-order valence-electron chi connectivity index (χ4n) is 3.63. The highest BCUT2D eigenvalue weighted by Gasteiger charge is 2.26. The molecule has 2 heterocycles. The van der Waals surface area contributed by atoms with Gasteiger partial charge in [-0.25, -0.2) is 4.79 Å². The number of para-hydroxylation sites is 1. The van der Waals surface area contributed by atoms with Crippen LogP contribution in [-0.2, 0) is 4.74 Å². The summed E-state index contributed by atoms with van der Waals surface area (Å²) in [5.74, 6) is 0. The van der Waals surface area contributed by atoms with Crippen molar-refractivity contribution in [2.75, 3.05) is 44.7 Å². The molecule has 0 saturated carbocycles. The highest BCUT2D eigenvalue weighted by Crippen LogP contribution is 2.22. The van der Waals surface area contributed by atoms with Gasteiger partial charge in [-0.15, -0.1) is 0 Å². The van der Waals surface area contributed by atoms with E-state index in [1.807, 2.05) is 23.1 Å². The zero-order chi connectivity index (χ0) is 17.5. The van der Waals surface area contributed by atoms with E-state index in [-0.39, 0.29) is 12.1 Å². The van der Waals surface area contributed by atoms with Gasteiger partial charge in [-0.05, 0) is 50.9 Å². The zero-order valence-corrected chi connectivity index (χ0v) is 15.5. The Hall–Kier alpha value is -1.30. The molecule has 2 saturated heterocycles. The van der Waals surface area contributed by atoms with E-state index in [1.54, 1.807) is 6.07 Å². The van der Waals surface area contributed by atoms with Gasteiger partial charge >= 0.3 is 6.03 Å². The Morgan fingerprint density at radius 2 is 1.92 bits per heavy atom. The average molecular weight is 366 g/mol. The van der Waals surface area contributed by atoms with E-state index < -0.39 is 0 Å². The van der Waals surface area contributed by atoms with Crippen LogP contribution in [0.5, 0.6) is 0 Å². The molecule has 138 valence electrons. The fraction of sp³-hybridized carbons (Fsp3) is 0.632. The molecule has 0 radical (unpaired) electrons. The summed E-state index contributed by atoms with van der Waals surface area (Å²) in [6.07, 6.45) is 5.66. The zero-order valence-electron chi connectivity index (χ0n) is 14.8. The summed E-state index contributed by atoms with van der Waals surface area (Å²) in [5.41, 5.74) is 0.671. The van der Waals surface area contributed by atoms with Crippen molar-refractivity contribution >= 4 is 23.3 Å². The molecule has 2 aliphatic rings. The lowest BCUT2D eigenvalue weighted by Crippen LogP contribution is -2.49. The van der Waals surface area contributed by atoms with Gasteiger partial charge in [0.15, 0.2) is 0 Å². The molecule has 6 heteroatoms. The minimum Gasteiger partial charge on any atom is -0.381 e. The standard InChI is InChI=1S/C19H28ClN3O2/c20-17-6-2-3-7-18(17)21-19(24)23(16-8-14-25-15-9-16)13-12-22-10-4-1-5-11-22/h2-3,6-7,16H,1,4-5,8-15H2,(H,21,24). The molecule has 0 aliphatic carbocycles. The molecule has 3 rings (SSSR count). The molecule has 1 aromatic rings. The van der Waals surface area contributed by atoms with E-state index in [0.29, 0.717) is 10.7 Å². The maximum Gasteiger partial charge on any atom is 0.322 e. The van der Waals surface area contributed by atoms with Crippen molar-refractivity contribution in [1.29, 1.82) is 0 Å². The van der Waals surface area contributed by atoms with E-state index in [1.165, 1.54) is 19.3 Å². The summed E-state index contributed by atoms with van der Waals surface area (Å²) in [4.78, 5) is 17.4. The quantitative estimate of drug-likeness (QED) is 0.862. The molecule has 2 amide bonds. The first-order valence-electron chi connectivity index (χ1n) is 9.36. The number of ether oxygens (including phenoxy) is 1.